The number of nitrogens with zero attached hydrogens (tertiary/aromatic N) is 1. The van der Waals surface area contributed by atoms with Gasteiger partial charge < -0.3 is 15.0 Å². The molecule has 24 heavy (non-hydrogen) atoms. The number of amides is 1. The SMILES string of the molecule is Cc1ccc2c(c1)OC(=O)CN2CC(=O)Nc1ccc(Br)c(C)c1. The number of ether oxygens (including phenoxy) is 1. The van der Waals surface area contributed by atoms with Crippen molar-refractivity contribution in [1.29, 1.82) is 0 Å². The molecular formula is C18H17BrN2O3. The van der Waals surface area contributed by atoms with E-state index in [1.807, 2.05) is 44.2 Å². The van der Waals surface area contributed by atoms with Gasteiger partial charge in [-0.25, -0.2) is 4.79 Å². The van der Waals surface area contributed by atoms with E-state index in [1.54, 1.807) is 11.0 Å². The molecule has 0 aliphatic carbocycles. The first-order chi connectivity index (χ1) is 11.4. The Bertz CT molecular complexity index is 820. The highest BCUT2D eigenvalue weighted by molar-refractivity contribution is 9.10. The van der Waals surface area contributed by atoms with Crippen LogP contribution in [0.3, 0.4) is 0 Å². The molecule has 0 atom stereocenters. The number of fused-ring (bicyclic) bond motifs is 1. The van der Waals surface area contributed by atoms with Crippen LogP contribution >= 0.6 is 15.9 Å². The summed E-state index contributed by atoms with van der Waals surface area (Å²) in [5.41, 5.74) is 3.51. The van der Waals surface area contributed by atoms with Gasteiger partial charge in [-0.2, -0.15) is 0 Å². The van der Waals surface area contributed by atoms with Gasteiger partial charge in [0, 0.05) is 10.2 Å². The maximum Gasteiger partial charge on any atom is 0.331 e. The van der Waals surface area contributed by atoms with Crippen LogP contribution in [0.4, 0.5) is 11.4 Å². The van der Waals surface area contributed by atoms with Crippen LogP contribution in [0.1, 0.15) is 11.1 Å². The molecule has 0 aromatic heterocycles. The van der Waals surface area contributed by atoms with E-state index in [1.165, 1.54) is 0 Å². The van der Waals surface area contributed by atoms with Crippen molar-refractivity contribution < 1.29 is 14.3 Å². The minimum atomic E-state index is -0.361. The highest BCUT2D eigenvalue weighted by Crippen LogP contribution is 2.32. The molecule has 0 fully saturated rings. The summed E-state index contributed by atoms with van der Waals surface area (Å²) in [6, 6.07) is 11.2. The Hall–Kier alpha value is -2.34. The largest absolute Gasteiger partial charge is 0.423 e. The Morgan fingerprint density at radius 1 is 1.25 bits per heavy atom. The fourth-order valence-corrected chi connectivity index (χ4v) is 2.84. The molecule has 2 aromatic carbocycles. The quantitative estimate of drug-likeness (QED) is 0.646. The number of aryl methyl sites for hydroxylation is 2. The zero-order chi connectivity index (χ0) is 17.3. The minimum absolute atomic E-state index is 0.0584. The number of carbonyl (C=O) groups excluding carboxylic acids is 2. The number of hydrogen-bond acceptors (Lipinski definition) is 4. The number of anilines is 2. The van der Waals surface area contributed by atoms with Crippen LogP contribution in [-0.4, -0.2) is 25.0 Å². The molecule has 5 nitrogen and oxygen atoms in total. The summed E-state index contributed by atoms with van der Waals surface area (Å²) in [5, 5.41) is 2.86. The molecule has 0 bridgehead atoms. The number of carbonyl (C=O) groups is 2. The number of rotatable bonds is 3. The summed E-state index contributed by atoms with van der Waals surface area (Å²) < 4.78 is 6.24. The first-order valence-corrected chi connectivity index (χ1v) is 8.34. The Morgan fingerprint density at radius 3 is 2.79 bits per heavy atom. The summed E-state index contributed by atoms with van der Waals surface area (Å²) in [5.74, 6) is -0.0446. The maximum atomic E-state index is 12.3. The molecule has 1 amide bonds. The molecule has 1 N–H and O–H groups in total. The predicted molar refractivity (Wildman–Crippen MR) is 96.5 cm³/mol. The van der Waals surface area contributed by atoms with Gasteiger partial charge in [-0.1, -0.05) is 22.0 Å². The fourth-order valence-electron chi connectivity index (χ4n) is 2.60. The fraction of sp³-hybridized carbons (Fsp3) is 0.222. The van der Waals surface area contributed by atoms with E-state index in [9.17, 15) is 9.59 Å². The minimum Gasteiger partial charge on any atom is -0.423 e. The lowest BCUT2D eigenvalue weighted by molar-refractivity contribution is -0.133. The molecule has 1 heterocycles. The lowest BCUT2D eigenvalue weighted by Crippen LogP contribution is -2.41. The molecule has 0 saturated heterocycles. The number of hydrogen-bond donors (Lipinski definition) is 1. The molecule has 124 valence electrons. The van der Waals surface area contributed by atoms with Crippen LogP contribution in [-0.2, 0) is 9.59 Å². The third-order valence-electron chi connectivity index (χ3n) is 3.78. The smallest absolute Gasteiger partial charge is 0.331 e. The zero-order valence-corrected chi connectivity index (χ0v) is 15.0. The highest BCUT2D eigenvalue weighted by atomic mass is 79.9. The zero-order valence-electron chi connectivity index (χ0n) is 13.4. The molecular weight excluding hydrogens is 372 g/mol. The molecule has 0 saturated carbocycles. The van der Waals surface area contributed by atoms with Gasteiger partial charge in [-0.15, -0.1) is 0 Å². The van der Waals surface area contributed by atoms with Crippen LogP contribution in [0, 0.1) is 13.8 Å². The molecule has 6 heteroatoms. The van der Waals surface area contributed by atoms with Gasteiger partial charge >= 0.3 is 5.97 Å². The van der Waals surface area contributed by atoms with Crippen molar-refractivity contribution in [3.63, 3.8) is 0 Å². The van der Waals surface area contributed by atoms with Gasteiger partial charge in [0.2, 0.25) is 5.91 Å². The van der Waals surface area contributed by atoms with E-state index in [4.69, 9.17) is 4.74 Å². The number of benzene rings is 2. The molecule has 0 radical (unpaired) electrons. The maximum absolute atomic E-state index is 12.3. The number of halogens is 1. The van der Waals surface area contributed by atoms with Crippen LogP contribution in [0.5, 0.6) is 5.75 Å². The molecule has 1 aliphatic rings. The lowest BCUT2D eigenvalue weighted by Gasteiger charge is -2.29. The molecule has 2 aromatic rings. The van der Waals surface area contributed by atoms with E-state index in [0.717, 1.165) is 27.0 Å². The topological polar surface area (TPSA) is 58.6 Å². The van der Waals surface area contributed by atoms with Crippen LogP contribution in [0.15, 0.2) is 40.9 Å². The Labute approximate surface area is 148 Å². The number of esters is 1. The van der Waals surface area contributed by atoms with E-state index in [2.05, 4.69) is 21.2 Å². The van der Waals surface area contributed by atoms with Gasteiger partial charge in [0.05, 0.1) is 12.2 Å². The summed E-state index contributed by atoms with van der Waals surface area (Å²) in [7, 11) is 0. The van der Waals surface area contributed by atoms with E-state index >= 15 is 0 Å². The van der Waals surface area contributed by atoms with Gasteiger partial charge in [0.15, 0.2) is 5.75 Å². The summed E-state index contributed by atoms with van der Waals surface area (Å²) in [6.07, 6.45) is 0. The Balaban J connectivity index is 1.75. The van der Waals surface area contributed by atoms with Crippen molar-refractivity contribution in [3.8, 4) is 5.75 Å². The van der Waals surface area contributed by atoms with Gasteiger partial charge in [0.25, 0.3) is 0 Å². The second-order valence-corrected chi connectivity index (χ2v) is 6.67. The van der Waals surface area contributed by atoms with Gasteiger partial charge in [-0.05, 0) is 55.3 Å². The van der Waals surface area contributed by atoms with Crippen molar-refractivity contribution in [2.45, 2.75) is 13.8 Å². The Kier molecular flexibility index (Phi) is 4.57. The van der Waals surface area contributed by atoms with E-state index in [-0.39, 0.29) is 25.0 Å². The normalized spacial score (nSPS) is 13.3. The van der Waals surface area contributed by atoms with Crippen LogP contribution in [0.2, 0.25) is 0 Å². The highest BCUT2D eigenvalue weighted by Gasteiger charge is 2.25. The standard InChI is InChI=1S/C18H17BrN2O3/c1-11-3-6-15-16(7-11)24-18(23)10-21(15)9-17(22)20-13-4-5-14(19)12(2)8-13/h3-8H,9-10H2,1-2H3,(H,20,22). The van der Waals surface area contributed by atoms with Crippen molar-refractivity contribution >= 4 is 39.2 Å². The summed E-state index contributed by atoms with van der Waals surface area (Å²) >= 11 is 3.43. The molecule has 0 spiro atoms. The predicted octanol–water partition coefficient (Wildman–Crippen LogP) is 3.43. The number of nitrogens with one attached hydrogen (secondary N) is 1. The van der Waals surface area contributed by atoms with Gasteiger partial charge in [-0.3, -0.25) is 4.79 Å². The van der Waals surface area contributed by atoms with Crippen molar-refractivity contribution in [3.05, 3.63) is 52.0 Å². The second kappa shape index (κ2) is 6.65. The molecule has 3 rings (SSSR count). The average Bonchev–Trinajstić information content (AvgIpc) is 2.50. The second-order valence-electron chi connectivity index (χ2n) is 5.81. The monoisotopic (exact) mass is 388 g/mol. The first-order valence-electron chi connectivity index (χ1n) is 7.54. The van der Waals surface area contributed by atoms with E-state index in [0.29, 0.717) is 5.75 Å². The van der Waals surface area contributed by atoms with Crippen molar-refractivity contribution in [1.82, 2.24) is 0 Å². The van der Waals surface area contributed by atoms with Crippen molar-refractivity contribution in [2.24, 2.45) is 0 Å². The third-order valence-corrected chi connectivity index (χ3v) is 4.67. The first kappa shape index (κ1) is 16.5. The van der Waals surface area contributed by atoms with E-state index < -0.39 is 0 Å². The van der Waals surface area contributed by atoms with Crippen molar-refractivity contribution in [2.75, 3.05) is 23.3 Å². The summed E-state index contributed by atoms with van der Waals surface area (Å²) in [4.78, 5) is 25.8. The molecule has 1 aliphatic heterocycles. The average molecular weight is 389 g/mol. The van der Waals surface area contributed by atoms with Gasteiger partial charge in [0.1, 0.15) is 6.54 Å². The third kappa shape index (κ3) is 3.59. The van der Waals surface area contributed by atoms with Crippen LogP contribution < -0.4 is 15.0 Å². The summed E-state index contributed by atoms with van der Waals surface area (Å²) in [6.45, 7) is 4.03. The molecule has 0 unspecified atom stereocenters. The Morgan fingerprint density at radius 2 is 2.04 bits per heavy atom. The van der Waals surface area contributed by atoms with Crippen LogP contribution in [0.25, 0.3) is 0 Å². The lowest BCUT2D eigenvalue weighted by atomic mass is 10.1.